The molecular weight excluding hydrogens is 172 g/mol. The summed E-state index contributed by atoms with van der Waals surface area (Å²) in [7, 11) is 0. The molecule has 2 aromatic heterocycles. The van der Waals surface area contributed by atoms with Gasteiger partial charge in [0.1, 0.15) is 0 Å². The van der Waals surface area contributed by atoms with Crippen molar-refractivity contribution in [1.82, 2.24) is 10.1 Å². The van der Waals surface area contributed by atoms with E-state index in [0.29, 0.717) is 5.82 Å². The van der Waals surface area contributed by atoms with Crippen LogP contribution in [0.4, 0.5) is 0 Å². The van der Waals surface area contributed by atoms with Crippen LogP contribution in [0.3, 0.4) is 0 Å². The van der Waals surface area contributed by atoms with Gasteiger partial charge in [0.05, 0.1) is 4.88 Å². The van der Waals surface area contributed by atoms with E-state index in [4.69, 9.17) is 10.9 Å². The molecule has 2 heterocycles. The van der Waals surface area contributed by atoms with Crippen LogP contribution in [0.25, 0.3) is 10.7 Å². The first kappa shape index (κ1) is 7.07. The van der Waals surface area contributed by atoms with Crippen molar-refractivity contribution in [3.8, 4) is 23.0 Å². The highest BCUT2D eigenvalue weighted by Crippen LogP contribution is 2.20. The van der Waals surface area contributed by atoms with Gasteiger partial charge in [-0.15, -0.1) is 17.8 Å². The van der Waals surface area contributed by atoms with E-state index in [0.717, 1.165) is 4.88 Å². The first-order valence-corrected chi connectivity index (χ1v) is 4.12. The minimum absolute atomic E-state index is 0.221. The van der Waals surface area contributed by atoms with Crippen LogP contribution in [-0.4, -0.2) is 10.1 Å². The van der Waals surface area contributed by atoms with E-state index in [2.05, 4.69) is 16.1 Å². The largest absolute Gasteiger partial charge is 0.325 e. The normalized spacial score (nSPS) is 9.58. The average molecular weight is 176 g/mol. The maximum absolute atomic E-state index is 5.07. The van der Waals surface area contributed by atoms with Gasteiger partial charge in [0.2, 0.25) is 5.82 Å². The molecule has 4 heteroatoms. The van der Waals surface area contributed by atoms with Gasteiger partial charge in [-0.1, -0.05) is 11.2 Å². The Bertz CT molecular complexity index is 410. The lowest BCUT2D eigenvalue weighted by atomic mass is 10.4. The number of hydrogen-bond acceptors (Lipinski definition) is 4. The quantitative estimate of drug-likeness (QED) is 0.622. The second-order valence-electron chi connectivity index (χ2n) is 2.04. The summed E-state index contributed by atoms with van der Waals surface area (Å²) in [6.45, 7) is 0. The molecule has 0 bridgehead atoms. The first-order valence-electron chi connectivity index (χ1n) is 3.24. The van der Waals surface area contributed by atoms with Gasteiger partial charge < -0.3 is 4.52 Å². The molecule has 0 saturated heterocycles. The summed E-state index contributed by atoms with van der Waals surface area (Å²) in [6, 6.07) is 3.84. The minimum Gasteiger partial charge on any atom is -0.325 e. The van der Waals surface area contributed by atoms with Crippen LogP contribution in [0.15, 0.2) is 22.0 Å². The van der Waals surface area contributed by atoms with Crippen molar-refractivity contribution in [3.63, 3.8) is 0 Å². The molecule has 12 heavy (non-hydrogen) atoms. The van der Waals surface area contributed by atoms with Crippen molar-refractivity contribution in [1.29, 1.82) is 0 Å². The maximum atomic E-state index is 5.07. The molecule has 0 fully saturated rings. The molecule has 3 nitrogen and oxygen atoms in total. The van der Waals surface area contributed by atoms with E-state index in [-0.39, 0.29) is 5.89 Å². The molecule has 0 N–H and O–H groups in total. The van der Waals surface area contributed by atoms with Crippen molar-refractivity contribution in [2.24, 2.45) is 0 Å². The fraction of sp³-hybridized carbons (Fsp3) is 0. The molecule has 0 aliphatic carbocycles. The fourth-order valence-electron chi connectivity index (χ4n) is 0.788. The summed E-state index contributed by atoms with van der Waals surface area (Å²) in [6.07, 6.45) is 5.07. The standard InChI is InChI=1S/C8H4N2OS/c1-2-7-9-8(10-11-7)6-4-3-5-12-6/h1,3-5H. The zero-order chi connectivity index (χ0) is 8.39. The summed E-state index contributed by atoms with van der Waals surface area (Å²) in [5.74, 6) is 3.05. The summed E-state index contributed by atoms with van der Waals surface area (Å²) in [5, 5.41) is 5.66. The van der Waals surface area contributed by atoms with Gasteiger partial charge in [0, 0.05) is 0 Å². The Labute approximate surface area is 73.0 Å². The lowest BCUT2D eigenvalue weighted by molar-refractivity contribution is 0.409. The van der Waals surface area contributed by atoms with Crippen molar-refractivity contribution in [2.75, 3.05) is 0 Å². The highest BCUT2D eigenvalue weighted by atomic mass is 32.1. The molecule has 0 unspecified atom stereocenters. The summed E-state index contributed by atoms with van der Waals surface area (Å²) in [4.78, 5) is 4.93. The van der Waals surface area contributed by atoms with E-state index in [1.54, 1.807) is 11.3 Å². The number of terminal acetylenes is 1. The van der Waals surface area contributed by atoms with E-state index in [1.165, 1.54) is 0 Å². The van der Waals surface area contributed by atoms with Gasteiger partial charge in [0.15, 0.2) is 0 Å². The SMILES string of the molecule is C#Cc1nc(-c2cccs2)no1. The molecule has 2 rings (SSSR count). The van der Waals surface area contributed by atoms with Crippen molar-refractivity contribution in [3.05, 3.63) is 23.4 Å². The summed E-state index contributed by atoms with van der Waals surface area (Å²) < 4.78 is 4.75. The summed E-state index contributed by atoms with van der Waals surface area (Å²) >= 11 is 1.55. The zero-order valence-corrected chi connectivity index (χ0v) is 6.84. The van der Waals surface area contributed by atoms with Gasteiger partial charge in [-0.3, -0.25) is 0 Å². The molecule has 0 aliphatic rings. The number of aromatic nitrogens is 2. The van der Waals surface area contributed by atoms with E-state index < -0.39 is 0 Å². The predicted molar refractivity (Wildman–Crippen MR) is 45.5 cm³/mol. The third-order valence-electron chi connectivity index (χ3n) is 1.29. The molecule has 2 aromatic rings. The Morgan fingerprint density at radius 1 is 1.58 bits per heavy atom. The van der Waals surface area contributed by atoms with Gasteiger partial charge >= 0.3 is 5.89 Å². The second-order valence-corrected chi connectivity index (χ2v) is 2.99. The van der Waals surface area contributed by atoms with Gasteiger partial charge in [-0.25, -0.2) is 0 Å². The highest BCUT2D eigenvalue weighted by Gasteiger charge is 2.06. The van der Waals surface area contributed by atoms with Gasteiger partial charge in [-0.05, 0) is 17.4 Å². The summed E-state index contributed by atoms with van der Waals surface area (Å²) in [5.41, 5.74) is 0. The third kappa shape index (κ3) is 1.11. The van der Waals surface area contributed by atoms with Crippen LogP contribution in [0.1, 0.15) is 5.89 Å². The molecule has 0 aliphatic heterocycles. The molecular formula is C8H4N2OS. The number of rotatable bonds is 1. The van der Waals surface area contributed by atoms with Crippen LogP contribution >= 0.6 is 11.3 Å². The predicted octanol–water partition coefficient (Wildman–Crippen LogP) is 1.78. The molecule has 0 atom stereocenters. The van der Waals surface area contributed by atoms with Crippen LogP contribution in [-0.2, 0) is 0 Å². The molecule has 58 valence electrons. The van der Waals surface area contributed by atoms with E-state index >= 15 is 0 Å². The molecule has 0 aromatic carbocycles. The Morgan fingerprint density at radius 3 is 3.08 bits per heavy atom. The second kappa shape index (κ2) is 2.80. The number of thiophene rings is 1. The Balaban J connectivity index is 2.44. The van der Waals surface area contributed by atoms with Crippen molar-refractivity contribution in [2.45, 2.75) is 0 Å². The molecule has 0 spiro atoms. The van der Waals surface area contributed by atoms with Crippen molar-refractivity contribution < 1.29 is 4.52 Å². The Morgan fingerprint density at radius 2 is 2.50 bits per heavy atom. The van der Waals surface area contributed by atoms with Gasteiger partial charge in [0.25, 0.3) is 0 Å². The fourth-order valence-corrected chi connectivity index (χ4v) is 1.44. The maximum Gasteiger partial charge on any atom is 0.302 e. The monoisotopic (exact) mass is 176 g/mol. The molecule has 0 amide bonds. The molecule has 0 saturated carbocycles. The Kier molecular flexibility index (Phi) is 1.65. The highest BCUT2D eigenvalue weighted by molar-refractivity contribution is 7.13. The van der Waals surface area contributed by atoms with Crippen LogP contribution in [0.5, 0.6) is 0 Å². The Hall–Kier alpha value is -1.60. The van der Waals surface area contributed by atoms with Gasteiger partial charge in [-0.2, -0.15) is 4.98 Å². The minimum atomic E-state index is 0.221. The average Bonchev–Trinajstić information content (AvgIpc) is 2.75. The van der Waals surface area contributed by atoms with Crippen LogP contribution in [0, 0.1) is 12.3 Å². The third-order valence-corrected chi connectivity index (χ3v) is 2.16. The van der Waals surface area contributed by atoms with E-state index in [1.807, 2.05) is 17.5 Å². The zero-order valence-electron chi connectivity index (χ0n) is 6.02. The van der Waals surface area contributed by atoms with Crippen LogP contribution < -0.4 is 0 Å². The smallest absolute Gasteiger partial charge is 0.302 e. The number of hydrogen-bond donors (Lipinski definition) is 0. The van der Waals surface area contributed by atoms with Crippen LogP contribution in [0.2, 0.25) is 0 Å². The van der Waals surface area contributed by atoms with E-state index in [9.17, 15) is 0 Å². The lowest BCUT2D eigenvalue weighted by Gasteiger charge is -1.80. The lowest BCUT2D eigenvalue weighted by Crippen LogP contribution is -1.74. The number of nitrogens with zero attached hydrogens (tertiary/aromatic N) is 2. The van der Waals surface area contributed by atoms with Crippen molar-refractivity contribution >= 4 is 11.3 Å². The first-order chi connectivity index (χ1) is 5.90. The molecule has 0 radical (unpaired) electrons. The topological polar surface area (TPSA) is 38.9 Å².